The van der Waals surface area contributed by atoms with Gasteiger partial charge in [0.25, 0.3) is 22.2 Å². The molecule has 112 heavy (non-hydrogen) atoms. The average Bonchev–Trinajstić information content (AvgIpc) is 1.65. The number of nitrogens with zero attached hydrogens (tertiary/aromatic N) is 7. The number of H-pyrrole nitrogens is 5. The SMILES string of the molecule is C[C@@H](O)[C@H]1O[C@@H](n2cc(F)c(=O)[nH]c2=O)C(Cl)(C#CCF)[C@H]1O.C[C@@H](O)[C@H]1O[C@@H](n2ccc(=O)[nH]c2=O)C(Cl)(C#CCF)[C@H]1O.C[C@@H](O)[C@H]1O[C@@H](n2cnc(=O)[nH]c2=O)C(Cl)(C#CCF)[C@H]1O.C[C@@H](O)[C@H]1O[C@@H](n2ncc(=O)[nH]c2=O)C(Cl)(C#CCF)[C@H]1O.Cc1cc(=O)[nH]c(=O)n1[C@@H]1O[C@H]([C@@H](C)O)[C@H](O)C1(Cl)C#CCF. The molecule has 5 saturated heterocycles. The summed E-state index contributed by atoms with van der Waals surface area (Å²) in [5.74, 6) is 20.6. The molecule has 25 atom stereocenters. The van der Waals surface area contributed by atoms with E-state index in [-0.39, 0.29) is 5.69 Å². The van der Waals surface area contributed by atoms with Crippen molar-refractivity contribution >= 4 is 58.0 Å². The van der Waals surface area contributed by atoms with Gasteiger partial charge in [-0.25, -0.2) is 50.7 Å². The fraction of sp³-hybridized carbons (Fsp3) is 0.562. The Hall–Kier alpha value is -8.51. The Balaban J connectivity index is 0.000000218. The summed E-state index contributed by atoms with van der Waals surface area (Å²) in [4.78, 5) is 119. The topological polar surface area (TPSA) is 549 Å². The molecule has 37 nitrogen and oxygen atoms in total. The summed E-state index contributed by atoms with van der Waals surface area (Å²) < 4.78 is 106. The van der Waals surface area contributed by atoms with Gasteiger partial charge in [-0.2, -0.15) is 19.2 Å². The molecule has 48 heteroatoms. The van der Waals surface area contributed by atoms with Crippen molar-refractivity contribution in [3.05, 3.63) is 153 Å². The van der Waals surface area contributed by atoms with Gasteiger partial charge >= 0.3 is 34.1 Å². The van der Waals surface area contributed by atoms with Gasteiger partial charge in [0.05, 0.1) is 36.7 Å². The largest absolute Gasteiger partial charge is 0.391 e. The van der Waals surface area contributed by atoms with Crippen LogP contribution in [0.4, 0.5) is 26.3 Å². The van der Waals surface area contributed by atoms with E-state index in [9.17, 15) is 125 Å². The molecule has 5 aromatic heterocycles. The van der Waals surface area contributed by atoms with Crippen molar-refractivity contribution in [1.82, 2.24) is 58.0 Å². The number of halogens is 11. The van der Waals surface area contributed by atoms with Crippen LogP contribution in [0.5, 0.6) is 0 Å². The minimum atomic E-state index is -2.03. The number of aromatic amines is 5. The maximum absolute atomic E-state index is 13.5. The summed E-state index contributed by atoms with van der Waals surface area (Å²) >= 11 is 31.3. The molecule has 5 fully saturated rings. The molecule has 0 aliphatic carbocycles. The summed E-state index contributed by atoms with van der Waals surface area (Å²) in [5, 5.41) is 103. The fourth-order valence-electron chi connectivity index (χ4n) is 11.4. The molecule has 5 unspecified atom stereocenters. The van der Waals surface area contributed by atoms with Crippen LogP contribution < -0.4 is 56.4 Å². The van der Waals surface area contributed by atoms with Crippen molar-refractivity contribution in [2.45, 2.75) is 189 Å². The lowest BCUT2D eigenvalue weighted by Gasteiger charge is -2.26. The zero-order valence-electron chi connectivity index (χ0n) is 58.4. The lowest BCUT2D eigenvalue weighted by molar-refractivity contribution is -0.0810. The Bertz CT molecular complexity index is 4870. The van der Waals surface area contributed by atoms with Crippen molar-refractivity contribution in [2.24, 2.45) is 0 Å². The normalized spacial score (nSPS) is 32.0. The van der Waals surface area contributed by atoms with Crippen LogP contribution in [0.3, 0.4) is 0 Å². The first-order valence-electron chi connectivity index (χ1n) is 32.2. The van der Waals surface area contributed by atoms with Crippen LogP contribution in [-0.4, -0.2) is 258 Å². The van der Waals surface area contributed by atoms with E-state index in [4.69, 9.17) is 81.7 Å². The molecule has 15 N–H and O–H groups in total. The van der Waals surface area contributed by atoms with E-state index in [0.29, 0.717) is 15.4 Å². The van der Waals surface area contributed by atoms with E-state index in [1.807, 2.05) is 20.9 Å². The Morgan fingerprint density at radius 2 is 0.786 bits per heavy atom. The van der Waals surface area contributed by atoms with E-state index in [2.05, 4.69) is 68.4 Å². The molecule has 5 aliphatic rings. The van der Waals surface area contributed by atoms with E-state index in [1.165, 1.54) is 41.5 Å². The predicted molar refractivity (Wildman–Crippen MR) is 377 cm³/mol. The van der Waals surface area contributed by atoms with Crippen molar-refractivity contribution in [3.63, 3.8) is 0 Å². The van der Waals surface area contributed by atoms with Gasteiger partial charge in [0.2, 0.25) is 5.82 Å². The third-order valence-electron chi connectivity index (χ3n) is 16.7. The molecular weight excluding hydrogens is 1630 g/mol. The molecular formula is C64H69Cl5F6N12O25. The van der Waals surface area contributed by atoms with Crippen LogP contribution in [0.15, 0.2) is 85.0 Å². The van der Waals surface area contributed by atoms with E-state index < -0.39 is 243 Å². The molecule has 0 saturated carbocycles. The highest BCUT2D eigenvalue weighted by atomic mass is 35.5. The number of aromatic nitrogens is 12. The highest BCUT2D eigenvalue weighted by Crippen LogP contribution is 2.48. The molecule has 5 aromatic rings. The Morgan fingerprint density at radius 1 is 0.455 bits per heavy atom. The highest BCUT2D eigenvalue weighted by Gasteiger charge is 2.62. The van der Waals surface area contributed by atoms with E-state index in [0.717, 1.165) is 44.6 Å². The second-order valence-corrected chi connectivity index (χ2v) is 27.7. The lowest BCUT2D eigenvalue weighted by Crippen LogP contribution is -2.46. The summed E-state index contributed by atoms with van der Waals surface area (Å²) in [7, 11) is 0. The predicted octanol–water partition coefficient (Wildman–Crippen LogP) is -5.13. The first kappa shape index (κ1) is 92.4. The first-order chi connectivity index (χ1) is 52.4. The van der Waals surface area contributed by atoms with Crippen LogP contribution in [0.25, 0.3) is 0 Å². The summed E-state index contributed by atoms with van der Waals surface area (Å²) in [6, 6.07) is 2.21. The molecule has 10 rings (SSSR count). The van der Waals surface area contributed by atoms with Crippen molar-refractivity contribution < 1.29 is 101 Å². The number of hydrogen-bond donors (Lipinski definition) is 15. The van der Waals surface area contributed by atoms with Gasteiger partial charge in [0.1, 0.15) is 107 Å². The van der Waals surface area contributed by atoms with Gasteiger partial charge in [-0.3, -0.25) is 62.4 Å². The second-order valence-electron chi connectivity index (χ2n) is 24.6. The van der Waals surface area contributed by atoms with Gasteiger partial charge in [-0.1, -0.05) is 117 Å². The number of aryl methyl sites for hydroxylation is 1. The van der Waals surface area contributed by atoms with Crippen molar-refractivity contribution in [3.8, 4) is 59.2 Å². The number of ether oxygens (including phenoxy) is 5. The zero-order chi connectivity index (χ0) is 84.2. The van der Waals surface area contributed by atoms with E-state index >= 15 is 0 Å². The third-order valence-corrected chi connectivity index (χ3v) is 19.2. The quantitative estimate of drug-likeness (QED) is 0.0353. The van der Waals surface area contributed by atoms with Crippen LogP contribution in [0.2, 0.25) is 0 Å². The van der Waals surface area contributed by atoms with Crippen LogP contribution in [0.1, 0.15) is 71.5 Å². The fourth-order valence-corrected chi connectivity index (χ4v) is 13.2. The second kappa shape index (κ2) is 38.5. The van der Waals surface area contributed by atoms with Gasteiger partial charge in [-0.15, -0.1) is 0 Å². The van der Waals surface area contributed by atoms with Crippen molar-refractivity contribution in [1.29, 1.82) is 0 Å². The molecule has 5 aliphatic heterocycles. The minimum Gasteiger partial charge on any atom is -0.391 e. The van der Waals surface area contributed by atoms with Crippen LogP contribution in [0, 0.1) is 71.9 Å². The van der Waals surface area contributed by atoms with Gasteiger partial charge in [0, 0.05) is 24.0 Å². The number of hydrogen-bond acceptors (Lipinski definition) is 27. The lowest BCUT2D eigenvalue weighted by atomic mass is 9.96. The zero-order valence-corrected chi connectivity index (χ0v) is 62.2. The molecule has 0 radical (unpaired) electrons. The van der Waals surface area contributed by atoms with E-state index in [1.54, 1.807) is 4.98 Å². The average molecular weight is 1700 g/mol. The third kappa shape index (κ3) is 19.8. The van der Waals surface area contributed by atoms with Gasteiger partial charge < -0.3 is 74.7 Å². The summed E-state index contributed by atoms with van der Waals surface area (Å²) in [5.41, 5.74) is -8.41. The molecule has 612 valence electrons. The Labute approximate surface area is 648 Å². The molecule has 0 aromatic carbocycles. The number of aliphatic hydroxyl groups excluding tert-OH is 10. The number of nitrogens with one attached hydrogen (secondary N) is 5. The Morgan fingerprint density at radius 3 is 1.15 bits per heavy atom. The monoisotopic (exact) mass is 1690 g/mol. The minimum absolute atomic E-state index is 0.217. The maximum atomic E-state index is 13.5. The highest BCUT2D eigenvalue weighted by molar-refractivity contribution is 6.28. The first-order valence-corrected chi connectivity index (χ1v) is 34.1. The Kier molecular flexibility index (Phi) is 31.8. The molecule has 10 heterocycles. The van der Waals surface area contributed by atoms with Crippen molar-refractivity contribution in [2.75, 3.05) is 33.4 Å². The van der Waals surface area contributed by atoms with Crippen LogP contribution in [-0.2, 0) is 23.7 Å². The number of alkyl halides is 10. The van der Waals surface area contributed by atoms with Crippen LogP contribution >= 0.6 is 58.0 Å². The van der Waals surface area contributed by atoms with Gasteiger partial charge in [0.15, 0.2) is 55.5 Å². The summed E-state index contributed by atoms with van der Waals surface area (Å²) in [6.45, 7) is 3.07. The number of aliphatic hydroxyl groups is 10. The smallest absolute Gasteiger partial charge is 0.350 e. The van der Waals surface area contributed by atoms with Gasteiger partial charge in [-0.05, 0) is 41.5 Å². The number of rotatable bonds is 10. The summed E-state index contributed by atoms with van der Waals surface area (Å²) in [6.07, 6.45) is -22.8. The standard InChI is InChI=1S/C14H16ClFN2O5.C13H13ClF2N2O5.C13H14ClFN2O5.2C12H13ClFN3O5/c1-7-6-9(20)17-13(22)18(7)12-14(15,4-3-5-16)11(21)10(23-12)8(2)19;1-6(19)8-9(20)13(14,3-2-4-15)11(23-8)18-5-7(16)10(21)17-12(18)22;1-7(18)9-10(20)13(14,4-2-5-15)11(22-9)17-6-3-8(19)16-12(17)21;1-6(18)7-8(19)12(13,3-2-4-14)9(22-7)17-5-15-10(20)16-11(17)21;1-6(18)8-9(20)12(13,3-2-4-14)10(22-8)17-11(21)16-7(19)5-15-17/h6,8,10-12,19,21H,5H2,1-2H3,(H,17,20,22);5-6,8-9,11,19-20H,4H2,1H3,(H,17,21,22);3,6-7,9-11,18,20H,5H2,1H3,(H,16,19,21);5-9,18-19H,4H2,1H3,(H,16,20,21);5-6,8-10,18,20H,4H2,1H3,(H,16,19,21)/t8-,10-,11+,12-,14?;6-,8-,9+,11-,13?;7-,9-,10+,11-,13?;6-,7-,8+,9-,12?;6-,8-,9+,10-,12?/m11111/s1. The maximum Gasteiger partial charge on any atom is 0.350 e. The molecule has 0 amide bonds. The molecule has 0 spiro atoms. The molecule has 0 bridgehead atoms.